The van der Waals surface area contributed by atoms with Crippen molar-refractivity contribution in [1.82, 2.24) is 14.5 Å². The lowest BCUT2D eigenvalue weighted by Crippen LogP contribution is -2.16. The fourth-order valence-electron chi connectivity index (χ4n) is 1.23. The number of anilines is 1. The number of hydrogen-bond acceptors (Lipinski definition) is 3. The van der Waals surface area contributed by atoms with Gasteiger partial charge in [-0.25, -0.2) is 9.97 Å². The number of carbonyl (C=O) groups excluding carboxylic acids is 1. The Morgan fingerprint density at radius 2 is 2.38 bits per heavy atom. The molecular formula is C10H9BrN4O. The Labute approximate surface area is 101 Å². The number of rotatable bonds is 2. The molecule has 0 aliphatic carbocycles. The zero-order valence-electron chi connectivity index (χ0n) is 8.51. The van der Waals surface area contributed by atoms with Gasteiger partial charge in [-0.3, -0.25) is 4.79 Å². The Morgan fingerprint density at radius 3 is 3.00 bits per heavy atom. The maximum Gasteiger partial charge on any atom is 0.275 e. The lowest BCUT2D eigenvalue weighted by molar-refractivity contribution is 0.101. The largest absolute Gasteiger partial charge is 0.330 e. The molecule has 82 valence electrons. The van der Waals surface area contributed by atoms with Gasteiger partial charge in [-0.05, 0) is 12.1 Å². The van der Waals surface area contributed by atoms with Crippen molar-refractivity contribution in [2.24, 2.45) is 7.05 Å². The molecular weight excluding hydrogens is 272 g/mol. The van der Waals surface area contributed by atoms with Gasteiger partial charge in [0.25, 0.3) is 5.91 Å². The molecule has 6 heteroatoms. The number of carbonyl (C=O) groups is 1. The van der Waals surface area contributed by atoms with E-state index in [1.165, 1.54) is 6.20 Å². The molecule has 0 saturated heterocycles. The summed E-state index contributed by atoms with van der Waals surface area (Å²) in [4.78, 5) is 19.7. The third-order valence-corrected chi connectivity index (χ3v) is 2.51. The summed E-state index contributed by atoms with van der Waals surface area (Å²) in [5.74, 6) is 0.270. The normalized spacial score (nSPS) is 10.1. The summed E-state index contributed by atoms with van der Waals surface area (Å²) >= 11 is 3.31. The second-order valence-corrected chi connectivity index (χ2v) is 4.12. The second-order valence-electron chi connectivity index (χ2n) is 3.20. The van der Waals surface area contributed by atoms with Gasteiger partial charge < -0.3 is 9.88 Å². The summed E-state index contributed by atoms with van der Waals surface area (Å²) in [6.45, 7) is 0. The van der Waals surface area contributed by atoms with E-state index < -0.39 is 0 Å². The van der Waals surface area contributed by atoms with Crippen LogP contribution in [-0.4, -0.2) is 20.4 Å². The first kappa shape index (κ1) is 10.8. The van der Waals surface area contributed by atoms with E-state index >= 15 is 0 Å². The van der Waals surface area contributed by atoms with E-state index in [1.807, 2.05) is 0 Å². The molecule has 0 aliphatic heterocycles. The maximum absolute atomic E-state index is 11.8. The summed E-state index contributed by atoms with van der Waals surface area (Å²) < 4.78 is 2.51. The van der Waals surface area contributed by atoms with Gasteiger partial charge in [0.2, 0.25) is 0 Å². The van der Waals surface area contributed by atoms with Gasteiger partial charge in [-0.1, -0.05) is 15.9 Å². The van der Waals surface area contributed by atoms with E-state index in [0.29, 0.717) is 11.5 Å². The van der Waals surface area contributed by atoms with Gasteiger partial charge >= 0.3 is 0 Å². The fraction of sp³-hybridized carbons (Fsp3) is 0.100. The molecule has 0 radical (unpaired) electrons. The molecule has 0 aliphatic rings. The number of aryl methyl sites for hydroxylation is 1. The zero-order valence-corrected chi connectivity index (χ0v) is 10.1. The van der Waals surface area contributed by atoms with Crippen molar-refractivity contribution >= 4 is 27.7 Å². The molecule has 0 unspecified atom stereocenters. The number of pyridine rings is 1. The molecule has 1 N–H and O–H groups in total. The van der Waals surface area contributed by atoms with Crippen LogP contribution in [0.1, 0.15) is 10.5 Å². The molecule has 5 nitrogen and oxygen atoms in total. The number of nitrogens with zero attached hydrogens (tertiary/aromatic N) is 3. The Hall–Kier alpha value is -1.69. The number of nitrogens with one attached hydrogen (secondary N) is 1. The highest BCUT2D eigenvalue weighted by molar-refractivity contribution is 9.10. The minimum absolute atomic E-state index is 0.231. The van der Waals surface area contributed by atoms with Crippen LogP contribution in [0.3, 0.4) is 0 Å². The highest BCUT2D eigenvalue weighted by Crippen LogP contribution is 2.13. The second kappa shape index (κ2) is 4.44. The molecule has 0 aromatic carbocycles. The predicted molar refractivity (Wildman–Crippen MR) is 63.1 cm³/mol. The van der Waals surface area contributed by atoms with Crippen molar-refractivity contribution in [2.45, 2.75) is 0 Å². The Bertz CT molecular complexity index is 523. The van der Waals surface area contributed by atoms with Crippen LogP contribution < -0.4 is 5.32 Å². The smallest absolute Gasteiger partial charge is 0.275 e. The molecule has 0 spiro atoms. The van der Waals surface area contributed by atoms with Crippen molar-refractivity contribution < 1.29 is 4.79 Å². The summed E-state index contributed by atoms with van der Waals surface area (Å²) in [6.07, 6.45) is 4.69. The highest BCUT2D eigenvalue weighted by atomic mass is 79.9. The first-order valence-electron chi connectivity index (χ1n) is 4.56. The number of imidazole rings is 1. The van der Waals surface area contributed by atoms with Crippen molar-refractivity contribution in [3.05, 3.63) is 41.0 Å². The number of halogens is 1. The number of aromatic nitrogens is 3. The fourth-order valence-corrected chi connectivity index (χ4v) is 1.56. The van der Waals surface area contributed by atoms with Gasteiger partial charge in [0.05, 0.1) is 12.5 Å². The molecule has 0 bridgehead atoms. The minimum atomic E-state index is -0.231. The average Bonchev–Trinajstić information content (AvgIpc) is 2.64. The molecule has 16 heavy (non-hydrogen) atoms. The van der Waals surface area contributed by atoms with E-state index in [0.717, 1.165) is 4.47 Å². The van der Waals surface area contributed by atoms with Crippen molar-refractivity contribution in [2.75, 3.05) is 5.32 Å². The van der Waals surface area contributed by atoms with Crippen LogP contribution in [0.4, 0.5) is 5.82 Å². The standard InChI is InChI=1S/C10H9BrN4O/c1-15-6-12-5-8(15)10(16)14-9-4-7(11)2-3-13-9/h2-6H,1H3,(H,13,14,16). The molecule has 2 heterocycles. The van der Waals surface area contributed by atoms with E-state index in [4.69, 9.17) is 0 Å². The molecule has 2 aromatic heterocycles. The van der Waals surface area contributed by atoms with Gasteiger partial charge in [0.15, 0.2) is 0 Å². The van der Waals surface area contributed by atoms with Crippen LogP contribution in [0, 0.1) is 0 Å². The molecule has 0 saturated carbocycles. The van der Waals surface area contributed by atoms with Crippen LogP contribution in [0.5, 0.6) is 0 Å². The van der Waals surface area contributed by atoms with Crippen molar-refractivity contribution in [3.63, 3.8) is 0 Å². The Morgan fingerprint density at radius 1 is 1.56 bits per heavy atom. The monoisotopic (exact) mass is 280 g/mol. The van der Waals surface area contributed by atoms with Gasteiger partial charge in [-0.15, -0.1) is 0 Å². The van der Waals surface area contributed by atoms with Crippen LogP contribution >= 0.6 is 15.9 Å². The first-order chi connectivity index (χ1) is 7.66. The summed E-state index contributed by atoms with van der Waals surface area (Å²) in [5, 5.41) is 2.69. The van der Waals surface area contributed by atoms with Gasteiger partial charge in [-0.2, -0.15) is 0 Å². The van der Waals surface area contributed by atoms with Crippen LogP contribution in [-0.2, 0) is 7.05 Å². The lowest BCUT2D eigenvalue weighted by Gasteiger charge is -2.04. The zero-order chi connectivity index (χ0) is 11.5. The number of amides is 1. The summed E-state index contributed by atoms with van der Waals surface area (Å²) in [5.41, 5.74) is 0.488. The van der Waals surface area contributed by atoms with Gasteiger partial charge in [0, 0.05) is 17.7 Å². The minimum Gasteiger partial charge on any atom is -0.330 e. The molecule has 0 atom stereocenters. The van der Waals surface area contributed by atoms with E-state index in [1.54, 1.807) is 36.3 Å². The summed E-state index contributed by atoms with van der Waals surface area (Å²) in [6, 6.07) is 3.52. The predicted octanol–water partition coefficient (Wildman–Crippen LogP) is 1.83. The average molecular weight is 281 g/mol. The third kappa shape index (κ3) is 2.27. The van der Waals surface area contributed by atoms with Crippen LogP contribution in [0.25, 0.3) is 0 Å². The quantitative estimate of drug-likeness (QED) is 0.913. The van der Waals surface area contributed by atoms with Crippen molar-refractivity contribution in [1.29, 1.82) is 0 Å². The molecule has 1 amide bonds. The summed E-state index contributed by atoms with van der Waals surface area (Å²) in [7, 11) is 1.76. The van der Waals surface area contributed by atoms with Crippen LogP contribution in [0.2, 0.25) is 0 Å². The third-order valence-electron chi connectivity index (χ3n) is 2.01. The topological polar surface area (TPSA) is 59.8 Å². The van der Waals surface area contributed by atoms with E-state index in [2.05, 4.69) is 31.2 Å². The Balaban J connectivity index is 2.17. The van der Waals surface area contributed by atoms with E-state index in [-0.39, 0.29) is 5.91 Å². The molecule has 2 rings (SSSR count). The van der Waals surface area contributed by atoms with Gasteiger partial charge in [0.1, 0.15) is 11.5 Å². The lowest BCUT2D eigenvalue weighted by atomic mass is 10.4. The SMILES string of the molecule is Cn1cncc1C(=O)Nc1cc(Br)ccn1. The van der Waals surface area contributed by atoms with Crippen LogP contribution in [0.15, 0.2) is 35.3 Å². The molecule has 2 aromatic rings. The van der Waals surface area contributed by atoms with E-state index in [9.17, 15) is 4.79 Å². The maximum atomic E-state index is 11.8. The Kier molecular flexibility index (Phi) is 3.00. The highest BCUT2D eigenvalue weighted by Gasteiger charge is 2.10. The first-order valence-corrected chi connectivity index (χ1v) is 5.35. The molecule has 0 fully saturated rings. The van der Waals surface area contributed by atoms with Crippen molar-refractivity contribution in [3.8, 4) is 0 Å². The number of hydrogen-bond donors (Lipinski definition) is 1.